The van der Waals surface area contributed by atoms with E-state index in [0.29, 0.717) is 0 Å². The summed E-state index contributed by atoms with van der Waals surface area (Å²) in [5, 5.41) is 3.06. The molecule has 1 aromatic heterocycles. The van der Waals surface area contributed by atoms with E-state index >= 15 is 0 Å². The first-order chi connectivity index (χ1) is 6.68. The van der Waals surface area contributed by atoms with E-state index in [9.17, 15) is 8.76 Å². The number of hydrogen-bond donors (Lipinski definition) is 0. The van der Waals surface area contributed by atoms with E-state index in [0.717, 1.165) is 10.9 Å². The molecule has 0 bridgehead atoms. The van der Waals surface area contributed by atoms with E-state index in [-0.39, 0.29) is 5.75 Å². The molecule has 4 heteroatoms. The summed E-state index contributed by atoms with van der Waals surface area (Å²) in [7, 11) is 0. The molecule has 0 saturated carbocycles. The normalized spacial score (nSPS) is 13.3. The number of rotatable bonds is 2. The van der Waals surface area contributed by atoms with E-state index in [4.69, 9.17) is 0 Å². The SMILES string of the molecule is Cc1ccc(CS(=O)[O-])c2ccsc12. The Labute approximate surface area is 88.9 Å². The molecule has 74 valence electrons. The van der Waals surface area contributed by atoms with Crippen LogP contribution in [-0.4, -0.2) is 8.76 Å². The zero-order valence-electron chi connectivity index (χ0n) is 7.65. The molecule has 1 heterocycles. The molecule has 0 saturated heterocycles. The number of aryl methyl sites for hydroxylation is 1. The average Bonchev–Trinajstić information content (AvgIpc) is 2.58. The van der Waals surface area contributed by atoms with Gasteiger partial charge in [0.05, 0.1) is 0 Å². The highest BCUT2D eigenvalue weighted by molar-refractivity contribution is 7.78. The minimum atomic E-state index is -2.01. The molecule has 0 aliphatic rings. The molecule has 1 aromatic carbocycles. The first-order valence-electron chi connectivity index (χ1n) is 4.20. The van der Waals surface area contributed by atoms with Crippen LogP contribution in [0.2, 0.25) is 0 Å². The van der Waals surface area contributed by atoms with Crippen LogP contribution < -0.4 is 0 Å². The maximum atomic E-state index is 10.6. The van der Waals surface area contributed by atoms with Crippen LogP contribution in [0.15, 0.2) is 23.6 Å². The molecule has 0 spiro atoms. The van der Waals surface area contributed by atoms with E-state index in [1.54, 1.807) is 11.3 Å². The predicted octanol–water partition coefficient (Wildman–Crippen LogP) is 2.59. The molecule has 14 heavy (non-hydrogen) atoms. The van der Waals surface area contributed by atoms with Crippen LogP contribution in [0, 0.1) is 6.92 Å². The second kappa shape index (κ2) is 3.81. The largest absolute Gasteiger partial charge is 0.772 e. The van der Waals surface area contributed by atoms with Crippen LogP contribution >= 0.6 is 11.3 Å². The first kappa shape index (κ1) is 9.83. The predicted molar refractivity (Wildman–Crippen MR) is 59.2 cm³/mol. The van der Waals surface area contributed by atoms with Gasteiger partial charge in [0, 0.05) is 10.5 Å². The van der Waals surface area contributed by atoms with Gasteiger partial charge in [-0.1, -0.05) is 23.2 Å². The zero-order valence-corrected chi connectivity index (χ0v) is 9.28. The molecule has 2 aromatic rings. The minimum absolute atomic E-state index is 0.105. The van der Waals surface area contributed by atoms with Gasteiger partial charge in [-0.3, -0.25) is 4.21 Å². The summed E-state index contributed by atoms with van der Waals surface area (Å²) >= 11 is -0.354. The maximum absolute atomic E-state index is 10.6. The Bertz CT molecular complexity index is 488. The molecule has 0 radical (unpaired) electrons. The number of benzene rings is 1. The highest BCUT2D eigenvalue weighted by Gasteiger charge is 2.04. The number of hydrogen-bond acceptors (Lipinski definition) is 3. The molecule has 0 aliphatic carbocycles. The van der Waals surface area contributed by atoms with Gasteiger partial charge >= 0.3 is 0 Å². The van der Waals surface area contributed by atoms with E-state index < -0.39 is 11.1 Å². The third-order valence-electron chi connectivity index (χ3n) is 2.18. The van der Waals surface area contributed by atoms with Crippen molar-refractivity contribution in [3.05, 3.63) is 34.7 Å². The quantitative estimate of drug-likeness (QED) is 0.737. The van der Waals surface area contributed by atoms with Crippen molar-refractivity contribution >= 4 is 32.5 Å². The molecule has 0 aliphatic heterocycles. The summed E-state index contributed by atoms with van der Waals surface area (Å²) in [6.07, 6.45) is 0. The zero-order chi connectivity index (χ0) is 10.1. The van der Waals surface area contributed by atoms with Crippen molar-refractivity contribution < 1.29 is 8.76 Å². The Morgan fingerprint density at radius 3 is 2.93 bits per heavy atom. The maximum Gasteiger partial charge on any atom is 0.0374 e. The molecule has 0 N–H and O–H groups in total. The smallest absolute Gasteiger partial charge is 0.0374 e. The summed E-state index contributed by atoms with van der Waals surface area (Å²) in [6.45, 7) is 2.04. The van der Waals surface area contributed by atoms with Crippen molar-refractivity contribution in [2.45, 2.75) is 12.7 Å². The monoisotopic (exact) mass is 225 g/mol. The van der Waals surface area contributed by atoms with Gasteiger partial charge in [-0.05, 0) is 34.9 Å². The van der Waals surface area contributed by atoms with Gasteiger partial charge < -0.3 is 4.55 Å². The number of thiophene rings is 1. The minimum Gasteiger partial charge on any atom is -0.772 e. The van der Waals surface area contributed by atoms with Crippen LogP contribution in [0.1, 0.15) is 11.1 Å². The fourth-order valence-electron chi connectivity index (χ4n) is 1.51. The van der Waals surface area contributed by atoms with Crippen molar-refractivity contribution in [3.8, 4) is 0 Å². The lowest BCUT2D eigenvalue weighted by molar-refractivity contribution is 0.536. The average molecular weight is 225 g/mol. The highest BCUT2D eigenvalue weighted by Crippen LogP contribution is 2.28. The summed E-state index contributed by atoms with van der Waals surface area (Å²) in [6, 6.07) is 5.84. The van der Waals surface area contributed by atoms with Gasteiger partial charge in [0.15, 0.2) is 0 Å². The van der Waals surface area contributed by atoms with Crippen LogP contribution in [-0.2, 0) is 16.8 Å². The lowest BCUT2D eigenvalue weighted by Crippen LogP contribution is -1.93. The molecular weight excluding hydrogens is 216 g/mol. The number of fused-ring (bicyclic) bond motifs is 1. The lowest BCUT2D eigenvalue weighted by atomic mass is 10.1. The Kier molecular flexibility index (Phi) is 2.67. The molecule has 1 unspecified atom stereocenters. The van der Waals surface area contributed by atoms with E-state index in [1.807, 2.05) is 30.5 Å². The van der Waals surface area contributed by atoms with Gasteiger partial charge in [-0.25, -0.2) is 0 Å². The van der Waals surface area contributed by atoms with Crippen molar-refractivity contribution in [2.75, 3.05) is 0 Å². The third kappa shape index (κ3) is 1.73. The van der Waals surface area contributed by atoms with E-state index in [2.05, 4.69) is 0 Å². The summed E-state index contributed by atoms with van der Waals surface area (Å²) in [5.41, 5.74) is 2.09. The molecule has 1 atom stereocenters. The third-order valence-corrected chi connectivity index (χ3v) is 3.77. The van der Waals surface area contributed by atoms with Gasteiger partial charge in [0.2, 0.25) is 0 Å². The summed E-state index contributed by atoms with van der Waals surface area (Å²) in [4.78, 5) is 0. The van der Waals surface area contributed by atoms with Gasteiger partial charge in [-0.15, -0.1) is 11.3 Å². The second-order valence-corrected chi connectivity index (χ2v) is 4.97. The van der Waals surface area contributed by atoms with Crippen molar-refractivity contribution in [1.82, 2.24) is 0 Å². The highest BCUT2D eigenvalue weighted by atomic mass is 32.2. The lowest BCUT2D eigenvalue weighted by Gasteiger charge is -2.07. The standard InChI is InChI=1S/C10H10O2S2/c1-7-2-3-8(6-14(11)12)9-4-5-13-10(7)9/h2-5H,6H2,1H3,(H,11,12)/p-1. The molecule has 0 fully saturated rings. The summed E-state index contributed by atoms with van der Waals surface area (Å²) in [5.74, 6) is 0.105. The van der Waals surface area contributed by atoms with Crippen molar-refractivity contribution in [3.63, 3.8) is 0 Å². The van der Waals surface area contributed by atoms with Crippen LogP contribution in [0.5, 0.6) is 0 Å². The fraction of sp³-hybridized carbons (Fsp3) is 0.200. The fourth-order valence-corrected chi connectivity index (χ4v) is 2.94. The van der Waals surface area contributed by atoms with Gasteiger partial charge in [0.1, 0.15) is 0 Å². The topological polar surface area (TPSA) is 40.1 Å². The Morgan fingerprint density at radius 1 is 1.43 bits per heavy atom. The molecular formula is C10H9O2S2-. The molecule has 2 rings (SSSR count). The van der Waals surface area contributed by atoms with Crippen LogP contribution in [0.3, 0.4) is 0 Å². The Morgan fingerprint density at radius 2 is 2.21 bits per heavy atom. The van der Waals surface area contributed by atoms with Gasteiger partial charge in [0.25, 0.3) is 0 Å². The van der Waals surface area contributed by atoms with Crippen LogP contribution in [0.4, 0.5) is 0 Å². The Balaban J connectivity index is 2.60. The van der Waals surface area contributed by atoms with Crippen molar-refractivity contribution in [1.29, 1.82) is 0 Å². The molecule has 0 amide bonds. The van der Waals surface area contributed by atoms with Crippen molar-refractivity contribution in [2.24, 2.45) is 0 Å². The van der Waals surface area contributed by atoms with E-state index in [1.165, 1.54) is 10.3 Å². The summed E-state index contributed by atoms with van der Waals surface area (Å²) < 4.78 is 22.4. The Hall–Kier alpha value is -0.710. The first-order valence-corrected chi connectivity index (χ1v) is 6.32. The second-order valence-electron chi connectivity index (χ2n) is 3.15. The van der Waals surface area contributed by atoms with Gasteiger partial charge in [-0.2, -0.15) is 0 Å². The van der Waals surface area contributed by atoms with Crippen LogP contribution in [0.25, 0.3) is 10.1 Å². The molecule has 2 nitrogen and oxygen atoms in total.